The number of ether oxygens (including phenoxy) is 1. The molecule has 0 aromatic heterocycles. The average molecular weight is 510 g/mol. The number of unbranched alkanes of at least 4 members (excludes halogenated alkanes) is 1. The van der Waals surface area contributed by atoms with Crippen molar-refractivity contribution in [3.63, 3.8) is 0 Å². The van der Waals surface area contributed by atoms with E-state index in [9.17, 15) is 21.6 Å². The van der Waals surface area contributed by atoms with Gasteiger partial charge in [0.05, 0.1) is 30.1 Å². The molecule has 2 aromatic carbocycles. The second-order valence-electron chi connectivity index (χ2n) is 8.13. The molecule has 0 saturated carbocycles. The van der Waals surface area contributed by atoms with Crippen molar-refractivity contribution in [1.29, 1.82) is 0 Å². The van der Waals surface area contributed by atoms with Gasteiger partial charge in [0, 0.05) is 18.8 Å². The first-order chi connectivity index (χ1) is 16.1. The third-order valence-electron chi connectivity index (χ3n) is 5.48. The summed E-state index contributed by atoms with van der Waals surface area (Å²) in [5, 5.41) is 2.72. The number of benzene rings is 2. The monoisotopic (exact) mass is 509 g/mol. The Hall–Kier alpha value is -2.47. The van der Waals surface area contributed by atoms with Gasteiger partial charge in [-0.25, -0.2) is 16.8 Å². The van der Waals surface area contributed by atoms with Crippen molar-refractivity contribution < 1.29 is 26.4 Å². The molecule has 186 valence electrons. The minimum absolute atomic E-state index is 0.0548. The summed E-state index contributed by atoms with van der Waals surface area (Å²) in [5.74, 6) is -0.503. The van der Waals surface area contributed by atoms with Gasteiger partial charge in [0.1, 0.15) is 6.54 Å². The van der Waals surface area contributed by atoms with E-state index in [1.807, 2.05) is 12.1 Å². The summed E-state index contributed by atoms with van der Waals surface area (Å²) in [7, 11) is -7.50. The molecule has 0 bridgehead atoms. The van der Waals surface area contributed by atoms with E-state index >= 15 is 0 Å². The number of hydrogen-bond donors (Lipinski definition) is 1. The van der Waals surface area contributed by atoms with E-state index < -0.39 is 32.5 Å². The number of nitrogens with zero attached hydrogens (tertiary/aromatic N) is 2. The van der Waals surface area contributed by atoms with E-state index in [1.165, 1.54) is 34.1 Å². The Morgan fingerprint density at radius 3 is 2.18 bits per heavy atom. The lowest BCUT2D eigenvalue weighted by Gasteiger charge is -2.26. The third kappa shape index (κ3) is 6.78. The van der Waals surface area contributed by atoms with Crippen LogP contribution >= 0.6 is 0 Å². The lowest BCUT2D eigenvalue weighted by Crippen LogP contribution is -2.40. The highest BCUT2D eigenvalue weighted by molar-refractivity contribution is 7.92. The van der Waals surface area contributed by atoms with Crippen LogP contribution in [-0.2, 0) is 36.0 Å². The summed E-state index contributed by atoms with van der Waals surface area (Å²) in [6, 6.07) is 12.9. The van der Waals surface area contributed by atoms with Crippen molar-refractivity contribution in [2.45, 2.75) is 31.1 Å². The number of anilines is 2. The lowest BCUT2D eigenvalue weighted by molar-refractivity contribution is -0.114. The number of morpholine rings is 1. The Kier molecular flexibility index (Phi) is 8.69. The summed E-state index contributed by atoms with van der Waals surface area (Å²) in [5.41, 5.74) is 1.95. The normalized spacial score (nSPS) is 15.1. The van der Waals surface area contributed by atoms with Crippen molar-refractivity contribution >= 4 is 37.3 Å². The van der Waals surface area contributed by atoms with Crippen molar-refractivity contribution in [3.05, 3.63) is 54.1 Å². The first kappa shape index (κ1) is 26.1. The summed E-state index contributed by atoms with van der Waals surface area (Å²) < 4.78 is 57.9. The van der Waals surface area contributed by atoms with Crippen LogP contribution in [-0.4, -0.2) is 66.2 Å². The van der Waals surface area contributed by atoms with Gasteiger partial charge in [-0.15, -0.1) is 0 Å². The topological polar surface area (TPSA) is 113 Å². The molecule has 0 aliphatic carbocycles. The van der Waals surface area contributed by atoms with Gasteiger partial charge in [-0.05, 0) is 54.8 Å². The molecular formula is C23H31N3O6S2. The molecule has 1 amide bonds. The SMILES string of the molecule is CCCCc1ccc(NC(=O)CN(c2ccc(S(=O)(=O)N3CCOCC3)cc2)S(C)(=O)=O)cc1. The summed E-state index contributed by atoms with van der Waals surface area (Å²) in [6.07, 6.45) is 4.15. The molecule has 0 unspecified atom stereocenters. The molecule has 2 aromatic rings. The molecule has 1 aliphatic heterocycles. The van der Waals surface area contributed by atoms with Crippen molar-refractivity contribution in [2.24, 2.45) is 0 Å². The number of carbonyl (C=O) groups is 1. The fourth-order valence-corrected chi connectivity index (χ4v) is 5.85. The number of amides is 1. The Labute approximate surface area is 201 Å². The molecule has 9 nitrogen and oxygen atoms in total. The fourth-order valence-electron chi connectivity index (χ4n) is 3.59. The molecular weight excluding hydrogens is 478 g/mol. The van der Waals surface area contributed by atoms with Gasteiger partial charge in [-0.2, -0.15) is 4.31 Å². The number of nitrogens with one attached hydrogen (secondary N) is 1. The summed E-state index contributed by atoms with van der Waals surface area (Å²) in [6.45, 7) is 2.87. The molecule has 1 fully saturated rings. The van der Waals surface area contributed by atoms with Gasteiger partial charge < -0.3 is 10.1 Å². The second-order valence-corrected chi connectivity index (χ2v) is 12.0. The molecule has 1 saturated heterocycles. The smallest absolute Gasteiger partial charge is 0.245 e. The number of hydrogen-bond acceptors (Lipinski definition) is 6. The molecule has 0 atom stereocenters. The molecule has 0 spiro atoms. The zero-order valence-electron chi connectivity index (χ0n) is 19.4. The first-order valence-corrected chi connectivity index (χ1v) is 14.4. The zero-order valence-corrected chi connectivity index (χ0v) is 21.1. The first-order valence-electron chi connectivity index (χ1n) is 11.2. The van der Waals surface area contributed by atoms with Crippen LogP contribution in [0.2, 0.25) is 0 Å². The fraction of sp³-hybridized carbons (Fsp3) is 0.435. The molecule has 1 heterocycles. The van der Waals surface area contributed by atoms with E-state index in [1.54, 1.807) is 12.1 Å². The minimum Gasteiger partial charge on any atom is -0.379 e. The maximum Gasteiger partial charge on any atom is 0.245 e. The Bertz CT molecular complexity index is 1170. The molecule has 0 radical (unpaired) electrons. The van der Waals surface area contributed by atoms with Gasteiger partial charge >= 0.3 is 0 Å². The van der Waals surface area contributed by atoms with E-state index in [-0.39, 0.29) is 23.7 Å². The maximum atomic E-state index is 12.8. The number of aryl methyl sites for hydroxylation is 1. The van der Waals surface area contributed by atoms with Crippen LogP contribution in [0, 0.1) is 0 Å². The minimum atomic E-state index is -3.80. The van der Waals surface area contributed by atoms with Crippen LogP contribution in [0.5, 0.6) is 0 Å². The second kappa shape index (κ2) is 11.3. The molecule has 34 heavy (non-hydrogen) atoms. The van der Waals surface area contributed by atoms with E-state index in [0.717, 1.165) is 29.8 Å². The van der Waals surface area contributed by atoms with Crippen LogP contribution in [0.3, 0.4) is 0 Å². The molecule has 1 aliphatic rings. The van der Waals surface area contributed by atoms with Crippen molar-refractivity contribution in [3.8, 4) is 0 Å². The van der Waals surface area contributed by atoms with Crippen LogP contribution in [0.1, 0.15) is 25.3 Å². The highest BCUT2D eigenvalue weighted by Gasteiger charge is 2.27. The standard InChI is InChI=1S/C23H31N3O6S2/c1-3-4-5-19-6-8-20(9-7-19)24-23(27)18-26(33(2,28)29)21-10-12-22(13-11-21)34(30,31)25-14-16-32-17-15-25/h6-13H,3-5,14-18H2,1-2H3,(H,24,27). The predicted octanol–water partition coefficient (Wildman–Crippen LogP) is 2.45. The van der Waals surface area contributed by atoms with Crippen LogP contribution in [0.4, 0.5) is 11.4 Å². The van der Waals surface area contributed by atoms with Gasteiger partial charge in [-0.3, -0.25) is 9.10 Å². The highest BCUT2D eigenvalue weighted by atomic mass is 32.2. The van der Waals surface area contributed by atoms with Crippen molar-refractivity contribution in [1.82, 2.24) is 4.31 Å². The van der Waals surface area contributed by atoms with Crippen LogP contribution in [0.25, 0.3) is 0 Å². The Morgan fingerprint density at radius 2 is 1.62 bits per heavy atom. The largest absolute Gasteiger partial charge is 0.379 e. The quantitative estimate of drug-likeness (QED) is 0.526. The van der Waals surface area contributed by atoms with Gasteiger partial charge in [0.25, 0.3) is 0 Å². The predicted molar refractivity (Wildman–Crippen MR) is 132 cm³/mol. The van der Waals surface area contributed by atoms with Crippen molar-refractivity contribution in [2.75, 3.05) is 48.7 Å². The van der Waals surface area contributed by atoms with E-state index in [0.29, 0.717) is 18.9 Å². The van der Waals surface area contributed by atoms with E-state index in [2.05, 4.69) is 12.2 Å². The zero-order chi connectivity index (χ0) is 24.8. The number of carbonyl (C=O) groups excluding carboxylic acids is 1. The molecule has 3 rings (SSSR count). The van der Waals surface area contributed by atoms with Crippen LogP contribution < -0.4 is 9.62 Å². The lowest BCUT2D eigenvalue weighted by atomic mass is 10.1. The Balaban J connectivity index is 1.71. The highest BCUT2D eigenvalue weighted by Crippen LogP contribution is 2.23. The average Bonchev–Trinajstić information content (AvgIpc) is 2.82. The number of rotatable bonds is 10. The van der Waals surface area contributed by atoms with Gasteiger partial charge in [0.2, 0.25) is 26.0 Å². The summed E-state index contributed by atoms with van der Waals surface area (Å²) in [4.78, 5) is 12.7. The Morgan fingerprint density at radius 1 is 1.00 bits per heavy atom. The number of sulfonamides is 2. The van der Waals surface area contributed by atoms with Gasteiger partial charge in [-0.1, -0.05) is 25.5 Å². The molecule has 1 N–H and O–H groups in total. The van der Waals surface area contributed by atoms with Gasteiger partial charge in [0.15, 0.2) is 0 Å². The summed E-state index contributed by atoms with van der Waals surface area (Å²) >= 11 is 0. The maximum absolute atomic E-state index is 12.8. The van der Waals surface area contributed by atoms with Crippen LogP contribution in [0.15, 0.2) is 53.4 Å². The molecule has 11 heteroatoms. The van der Waals surface area contributed by atoms with E-state index in [4.69, 9.17) is 4.74 Å². The third-order valence-corrected chi connectivity index (χ3v) is 8.53.